The highest BCUT2D eigenvalue weighted by atomic mass is 79.9. The molecule has 6 aromatic rings. The number of hydrogen-bond acceptors (Lipinski definition) is 24. The summed E-state index contributed by atoms with van der Waals surface area (Å²) in [5, 5.41) is 45.1. The Morgan fingerprint density at radius 2 is 0.804 bits per heavy atom. The molecule has 3 aromatic carbocycles. The van der Waals surface area contributed by atoms with Crippen molar-refractivity contribution in [2.24, 2.45) is 15.0 Å². The molecule has 3 saturated heterocycles. The van der Waals surface area contributed by atoms with Gasteiger partial charge in [0.05, 0.1) is 56.2 Å². The first-order valence-corrected chi connectivity index (χ1v) is 35.9. The van der Waals surface area contributed by atoms with E-state index in [4.69, 9.17) is 37.4 Å². The third kappa shape index (κ3) is 18.5. The summed E-state index contributed by atoms with van der Waals surface area (Å²) in [6.45, 7) is 3.65. The van der Waals surface area contributed by atoms with Crippen molar-refractivity contribution in [2.75, 3.05) is 78.7 Å². The van der Waals surface area contributed by atoms with E-state index in [2.05, 4.69) is 61.8 Å². The van der Waals surface area contributed by atoms with Crippen LogP contribution in [0.5, 0.6) is 0 Å². The average Bonchev–Trinajstić information content (AvgIpc) is 1.07. The van der Waals surface area contributed by atoms with Crippen molar-refractivity contribution in [2.45, 2.75) is 94.2 Å². The van der Waals surface area contributed by atoms with Gasteiger partial charge in [-0.3, -0.25) is 29.7 Å². The lowest BCUT2D eigenvalue weighted by atomic mass is 9.94. The van der Waals surface area contributed by atoms with Crippen LogP contribution in [-0.2, 0) is 28.6 Å². The fourth-order valence-corrected chi connectivity index (χ4v) is 14.6. The van der Waals surface area contributed by atoms with Gasteiger partial charge in [-0.15, -0.1) is 34.0 Å². The van der Waals surface area contributed by atoms with E-state index in [0.717, 1.165) is 12.1 Å². The van der Waals surface area contributed by atoms with Crippen LogP contribution in [0.1, 0.15) is 89.9 Å². The van der Waals surface area contributed by atoms with E-state index in [0.29, 0.717) is 70.8 Å². The van der Waals surface area contributed by atoms with Gasteiger partial charge in [0.2, 0.25) is 0 Å². The van der Waals surface area contributed by atoms with Gasteiger partial charge in [0.25, 0.3) is 17.8 Å². The van der Waals surface area contributed by atoms with Gasteiger partial charge in [0.15, 0.2) is 32.5 Å². The largest absolute Gasteiger partial charge is 0.463 e. The van der Waals surface area contributed by atoms with Gasteiger partial charge in [-0.05, 0) is 82.0 Å². The van der Waals surface area contributed by atoms with Crippen LogP contribution in [0.4, 0.5) is 39.5 Å². The molecule has 0 radical (unpaired) electrons. The molecule has 546 valence electrons. The van der Waals surface area contributed by atoms with Gasteiger partial charge in [0.1, 0.15) is 53.9 Å². The van der Waals surface area contributed by atoms with E-state index in [1.165, 1.54) is 91.2 Å². The molecule has 0 spiro atoms. The predicted molar refractivity (Wildman–Crippen MR) is 368 cm³/mol. The van der Waals surface area contributed by atoms with Crippen molar-refractivity contribution < 1.29 is 83.4 Å². The zero-order valence-electron chi connectivity index (χ0n) is 54.3. The second kappa shape index (κ2) is 33.7. The Morgan fingerprint density at radius 1 is 0.510 bits per heavy atom. The zero-order valence-corrected chi connectivity index (χ0v) is 59.9. The standard InChI is InChI=1S/C22H22BrF3N4O3S.2C22H22ClF3N4O3S/c3*1-2-33-21(32)17-15(10-30-7-5-16(31)22(25,26)11-30)28-19(20-27-6-8-34-20)29-18(17)13-4-3-12(24)9-14(13)23/h3*3-4,6,8-9,16,18,31H,2,5,7,10-11H2,1H3,(H,28,29)/t;16-,18+;/m.0./s1. The number of halogens is 12. The Bertz CT molecular complexity index is 3800. The van der Waals surface area contributed by atoms with Crippen LogP contribution in [0, 0.1) is 17.5 Å². The maximum Gasteiger partial charge on any atom is 0.338 e. The molecule has 0 amide bonds. The minimum Gasteiger partial charge on any atom is -0.463 e. The number of rotatable bonds is 18. The summed E-state index contributed by atoms with van der Waals surface area (Å²) in [4.78, 5) is 70.3. The van der Waals surface area contributed by atoms with Gasteiger partial charge >= 0.3 is 17.9 Å². The molecule has 12 rings (SSSR count). The highest BCUT2D eigenvalue weighted by Gasteiger charge is 2.48. The molecule has 9 heterocycles. The number of carbonyl (C=O) groups is 3. The number of nitrogens with one attached hydrogen (secondary N) is 3. The number of benzene rings is 3. The topological polar surface area (TPSA) is 261 Å². The fourth-order valence-electron chi connectivity index (χ4n) is 11.8. The summed E-state index contributed by atoms with van der Waals surface area (Å²) in [6, 6.07) is 8.71. The number of esters is 3. The number of aliphatic hydroxyl groups is 3. The lowest BCUT2D eigenvalue weighted by molar-refractivity contribution is -0.148. The van der Waals surface area contributed by atoms with Crippen molar-refractivity contribution in [3.05, 3.63) is 187 Å². The van der Waals surface area contributed by atoms with Crippen LogP contribution >= 0.6 is 73.1 Å². The first-order chi connectivity index (χ1) is 48.6. The average molecular weight is 1590 g/mol. The molecule has 6 aliphatic rings. The molecule has 0 saturated carbocycles. The maximum atomic E-state index is 14.2. The van der Waals surface area contributed by atoms with Crippen molar-refractivity contribution in [3.8, 4) is 0 Å². The van der Waals surface area contributed by atoms with Gasteiger partial charge in [-0.2, -0.15) is 0 Å². The van der Waals surface area contributed by atoms with Gasteiger partial charge in [0, 0.05) is 117 Å². The fraction of sp³-hybridized carbons (Fsp3) is 0.409. The van der Waals surface area contributed by atoms with Crippen LogP contribution in [0.3, 0.4) is 0 Å². The molecular weight excluding hydrogens is 1520 g/mol. The second-order valence-corrected chi connectivity index (χ2v) is 28.0. The molecule has 3 fully saturated rings. The molecular formula is C66H66BrCl2F9N12O9S3. The molecule has 0 aliphatic carbocycles. The minimum absolute atomic E-state index is 0.0316. The van der Waals surface area contributed by atoms with E-state index in [-0.39, 0.29) is 105 Å². The van der Waals surface area contributed by atoms with Crippen molar-refractivity contribution in [1.82, 2.24) is 45.6 Å². The molecule has 36 heteroatoms. The van der Waals surface area contributed by atoms with E-state index in [1.807, 2.05) is 0 Å². The number of ether oxygens (including phenoxy) is 3. The molecule has 6 N–H and O–H groups in total. The van der Waals surface area contributed by atoms with Crippen LogP contribution < -0.4 is 16.0 Å². The summed E-state index contributed by atoms with van der Waals surface area (Å²) >= 11 is 19.9. The number of aliphatic imine (C=N–C) groups is 3. The first-order valence-electron chi connectivity index (χ1n) is 31.7. The smallest absolute Gasteiger partial charge is 0.338 e. The highest BCUT2D eigenvalue weighted by Crippen LogP contribution is 2.42. The monoisotopic (exact) mass is 1590 g/mol. The number of likely N-dealkylation sites (tertiary alicyclic amines) is 3. The number of alkyl halides is 6. The SMILES string of the molecule is CCOC(=O)C1=C(CN2CCC(O)C(F)(F)C2)NC(c2nccs2)=NC1c1ccc(F)cc1Br.CCOC(=O)C1=C(CN2CCC(O)C(F)(F)C2)NC(c2nccs2)=NC1c1ccc(F)cc1Cl.CCOC(=O)C1=C(CN2CC[C@H](O)C(F)(F)C2)NC(c2nccs2)=N[C@@H]1c1ccc(F)cc1Cl. The number of thiazole rings is 3. The first kappa shape index (κ1) is 77.4. The summed E-state index contributed by atoms with van der Waals surface area (Å²) < 4.78 is 143. The van der Waals surface area contributed by atoms with E-state index >= 15 is 0 Å². The molecule has 0 bridgehead atoms. The van der Waals surface area contributed by atoms with Gasteiger partial charge in [-0.1, -0.05) is 57.3 Å². The molecule has 21 nitrogen and oxygen atoms in total. The van der Waals surface area contributed by atoms with Crippen molar-refractivity contribution in [3.63, 3.8) is 0 Å². The molecule has 102 heavy (non-hydrogen) atoms. The zero-order chi connectivity index (χ0) is 73.4. The van der Waals surface area contributed by atoms with Gasteiger partial charge in [-0.25, -0.2) is 68.8 Å². The number of hydrogen-bond donors (Lipinski definition) is 6. The number of carbonyl (C=O) groups excluding carboxylic acids is 3. The Labute approximate surface area is 608 Å². The van der Waals surface area contributed by atoms with Crippen LogP contribution in [0.25, 0.3) is 0 Å². The van der Waals surface area contributed by atoms with Crippen LogP contribution in [0.15, 0.2) is 143 Å². The Balaban J connectivity index is 0.000000165. The normalized spacial score (nSPS) is 22.8. The van der Waals surface area contributed by atoms with E-state index in [1.54, 1.807) is 55.5 Å². The quantitative estimate of drug-likeness (QED) is 0.0265. The second-order valence-electron chi connectivity index (χ2n) is 23.7. The number of nitrogens with zero attached hydrogens (tertiary/aromatic N) is 9. The molecule has 6 atom stereocenters. The lowest BCUT2D eigenvalue weighted by Crippen LogP contribution is -2.53. The minimum atomic E-state index is -3.29. The number of piperidine rings is 3. The Morgan fingerprint density at radius 3 is 1.07 bits per heavy atom. The number of aromatic nitrogens is 3. The lowest BCUT2D eigenvalue weighted by Gasteiger charge is -2.37. The third-order valence-electron chi connectivity index (χ3n) is 16.6. The maximum absolute atomic E-state index is 14.2. The highest BCUT2D eigenvalue weighted by molar-refractivity contribution is 9.10. The summed E-state index contributed by atoms with van der Waals surface area (Å²) in [5.74, 6) is -12.5. The predicted octanol–water partition coefficient (Wildman–Crippen LogP) is 10.7. The molecule has 4 unspecified atom stereocenters. The third-order valence-corrected chi connectivity index (χ3v) is 20.3. The Hall–Kier alpha value is -7.22. The van der Waals surface area contributed by atoms with E-state index in [9.17, 15) is 69.2 Å². The Kier molecular flexibility index (Phi) is 25.6. The van der Waals surface area contributed by atoms with Gasteiger partial charge < -0.3 is 45.5 Å². The number of amidine groups is 3. The van der Waals surface area contributed by atoms with Crippen LogP contribution in [-0.4, -0.2) is 195 Å². The van der Waals surface area contributed by atoms with Crippen molar-refractivity contribution >= 4 is 109 Å². The number of aliphatic hydroxyl groups excluding tert-OH is 3. The molecule has 6 aliphatic heterocycles. The summed E-state index contributed by atoms with van der Waals surface area (Å²) in [5.41, 5.74) is 2.49. The van der Waals surface area contributed by atoms with Crippen LogP contribution in [0.2, 0.25) is 10.0 Å². The molecule has 3 aromatic heterocycles. The summed E-state index contributed by atoms with van der Waals surface area (Å²) in [6.07, 6.45) is -0.719. The summed E-state index contributed by atoms with van der Waals surface area (Å²) in [7, 11) is 0. The van der Waals surface area contributed by atoms with E-state index < -0.39 is 109 Å². The van der Waals surface area contributed by atoms with Crippen molar-refractivity contribution in [1.29, 1.82) is 0 Å².